The minimum atomic E-state index is -0.663. The van der Waals surface area contributed by atoms with Gasteiger partial charge < -0.3 is 14.6 Å². The van der Waals surface area contributed by atoms with Crippen molar-refractivity contribution in [1.29, 1.82) is 5.26 Å². The molecular formula is C25H27N5O4S. The van der Waals surface area contributed by atoms with Crippen molar-refractivity contribution in [3.63, 3.8) is 0 Å². The lowest BCUT2D eigenvalue weighted by Gasteiger charge is -2.19. The molecule has 1 amide bonds. The largest absolute Gasteiger partial charge is 0.451 e. The molecule has 3 aromatic heterocycles. The number of nitrogens with zero attached hydrogens (tertiary/aromatic N) is 4. The molecule has 0 aromatic carbocycles. The fourth-order valence-corrected chi connectivity index (χ4v) is 6.42. The van der Waals surface area contributed by atoms with Crippen LogP contribution < -0.4 is 10.9 Å². The van der Waals surface area contributed by atoms with Gasteiger partial charge >= 0.3 is 5.97 Å². The molecule has 0 atom stereocenters. The highest BCUT2D eigenvalue weighted by molar-refractivity contribution is 7.20. The minimum absolute atomic E-state index is 0.129. The molecule has 182 valence electrons. The molecule has 1 aliphatic heterocycles. The number of aryl methyl sites for hydroxylation is 2. The highest BCUT2D eigenvalue weighted by Crippen LogP contribution is 2.37. The Bertz CT molecular complexity index is 1470. The van der Waals surface area contributed by atoms with E-state index in [1.807, 2.05) is 13.8 Å². The van der Waals surface area contributed by atoms with Crippen LogP contribution >= 0.6 is 11.3 Å². The molecule has 1 fully saturated rings. The zero-order chi connectivity index (χ0) is 24.9. The molecule has 2 aliphatic rings. The topological polar surface area (TPSA) is 119 Å². The summed E-state index contributed by atoms with van der Waals surface area (Å²) in [5.41, 5.74) is 2.65. The first-order chi connectivity index (χ1) is 16.8. The molecule has 35 heavy (non-hydrogen) atoms. The van der Waals surface area contributed by atoms with Gasteiger partial charge in [0, 0.05) is 24.7 Å². The molecule has 3 aromatic rings. The van der Waals surface area contributed by atoms with E-state index in [0.29, 0.717) is 33.7 Å². The summed E-state index contributed by atoms with van der Waals surface area (Å²) < 4.78 is 9.04. The quantitative estimate of drug-likeness (QED) is 0.538. The van der Waals surface area contributed by atoms with E-state index in [1.54, 1.807) is 11.5 Å². The van der Waals surface area contributed by atoms with Crippen LogP contribution in [0.15, 0.2) is 4.79 Å². The lowest BCUT2D eigenvalue weighted by atomic mass is 10.2. The maximum absolute atomic E-state index is 12.9. The van der Waals surface area contributed by atoms with Crippen molar-refractivity contribution in [2.24, 2.45) is 0 Å². The van der Waals surface area contributed by atoms with Crippen LogP contribution in [0.1, 0.15) is 76.0 Å². The fourth-order valence-electron chi connectivity index (χ4n) is 5.34. The fraction of sp³-hybridized carbons (Fsp3) is 0.480. The van der Waals surface area contributed by atoms with E-state index < -0.39 is 18.5 Å². The molecule has 10 heteroatoms. The third-order valence-corrected chi connectivity index (χ3v) is 8.41. The van der Waals surface area contributed by atoms with E-state index >= 15 is 0 Å². The second-order valence-corrected chi connectivity index (χ2v) is 10.3. The lowest BCUT2D eigenvalue weighted by molar-refractivity contribution is -0.119. The van der Waals surface area contributed by atoms with Gasteiger partial charge in [-0.15, -0.1) is 11.3 Å². The van der Waals surface area contributed by atoms with Crippen LogP contribution in [0.4, 0.5) is 5.82 Å². The van der Waals surface area contributed by atoms with Crippen molar-refractivity contribution >= 4 is 39.2 Å². The smallest absolute Gasteiger partial charge is 0.349 e. The zero-order valence-electron chi connectivity index (χ0n) is 20.1. The maximum atomic E-state index is 12.9. The van der Waals surface area contributed by atoms with Gasteiger partial charge in [0.25, 0.3) is 11.5 Å². The number of nitrogens with one attached hydrogen (secondary N) is 1. The number of esters is 1. The van der Waals surface area contributed by atoms with Gasteiger partial charge in [-0.1, -0.05) is 12.8 Å². The van der Waals surface area contributed by atoms with Crippen molar-refractivity contribution in [3.05, 3.63) is 43.4 Å². The molecular weight excluding hydrogens is 466 g/mol. The first kappa shape index (κ1) is 23.3. The number of hydrogen-bond acceptors (Lipinski definition) is 7. The monoisotopic (exact) mass is 493 g/mol. The van der Waals surface area contributed by atoms with Gasteiger partial charge in [0.2, 0.25) is 0 Å². The molecule has 4 heterocycles. The Kier molecular flexibility index (Phi) is 5.97. The highest BCUT2D eigenvalue weighted by atomic mass is 32.1. The summed E-state index contributed by atoms with van der Waals surface area (Å²) in [6, 6.07) is 2.45. The van der Waals surface area contributed by atoms with Crippen LogP contribution in [0.5, 0.6) is 0 Å². The highest BCUT2D eigenvalue weighted by Gasteiger charge is 2.28. The number of aromatic nitrogens is 3. The summed E-state index contributed by atoms with van der Waals surface area (Å²) in [5, 5.41) is 13.0. The first-order valence-corrected chi connectivity index (χ1v) is 12.7. The third-order valence-electron chi connectivity index (χ3n) is 7.25. The third kappa shape index (κ3) is 3.84. The van der Waals surface area contributed by atoms with E-state index in [0.717, 1.165) is 66.9 Å². The number of hydrogen-bond donors (Lipinski definition) is 1. The van der Waals surface area contributed by atoms with Gasteiger partial charge in [-0.05, 0) is 51.2 Å². The summed E-state index contributed by atoms with van der Waals surface area (Å²) in [5.74, 6) is 0.0409. The molecule has 0 saturated heterocycles. The van der Waals surface area contributed by atoms with Gasteiger partial charge in [0.05, 0.1) is 10.9 Å². The normalized spacial score (nSPS) is 15.4. The second kappa shape index (κ2) is 8.96. The van der Waals surface area contributed by atoms with E-state index in [9.17, 15) is 19.6 Å². The van der Waals surface area contributed by atoms with Crippen LogP contribution in [-0.4, -0.2) is 32.6 Å². The number of nitriles is 1. The molecule has 1 aliphatic carbocycles. The van der Waals surface area contributed by atoms with Crippen LogP contribution in [0.25, 0.3) is 10.2 Å². The van der Waals surface area contributed by atoms with Crippen molar-refractivity contribution in [2.45, 2.75) is 71.9 Å². The molecule has 1 saturated carbocycles. The van der Waals surface area contributed by atoms with E-state index in [2.05, 4.69) is 20.9 Å². The summed E-state index contributed by atoms with van der Waals surface area (Å²) >= 11 is 1.12. The van der Waals surface area contributed by atoms with Gasteiger partial charge in [0.1, 0.15) is 27.4 Å². The predicted octanol–water partition coefficient (Wildman–Crippen LogP) is 3.91. The Morgan fingerprint density at radius 3 is 2.66 bits per heavy atom. The zero-order valence-corrected chi connectivity index (χ0v) is 20.9. The van der Waals surface area contributed by atoms with Crippen LogP contribution in [0, 0.1) is 32.1 Å². The molecule has 9 nitrogen and oxygen atoms in total. The standard InChI is InChI=1S/C25H27N5O4S/c1-13-15(3)30(16-7-4-5-8-16)22(17(13)11-26)28-19(31)12-34-25(33)21-14(2)20-23(35-21)27-18-9-6-10-29(18)24(20)32/h16H,4-10,12H2,1-3H3,(H,28,31). The molecule has 0 radical (unpaired) electrons. The van der Waals surface area contributed by atoms with Crippen LogP contribution in [0.3, 0.4) is 0 Å². The Morgan fingerprint density at radius 1 is 1.20 bits per heavy atom. The molecule has 1 N–H and O–H groups in total. The Morgan fingerprint density at radius 2 is 1.94 bits per heavy atom. The van der Waals surface area contributed by atoms with Crippen LogP contribution in [0.2, 0.25) is 0 Å². The molecule has 0 unspecified atom stereocenters. The summed E-state index contributed by atoms with van der Waals surface area (Å²) in [7, 11) is 0. The number of carbonyl (C=O) groups excluding carboxylic acids is 2. The number of carbonyl (C=O) groups is 2. The van der Waals surface area contributed by atoms with E-state index in [-0.39, 0.29) is 16.5 Å². The number of rotatable bonds is 5. The number of ether oxygens (including phenoxy) is 1. The number of anilines is 1. The SMILES string of the molecule is Cc1c(C#N)c(NC(=O)COC(=O)c2sc3nc4n(c(=O)c3c2C)CCC4)n(C2CCCC2)c1C. The van der Waals surface area contributed by atoms with Gasteiger partial charge in [-0.3, -0.25) is 14.2 Å². The van der Waals surface area contributed by atoms with Crippen molar-refractivity contribution < 1.29 is 14.3 Å². The number of amides is 1. The molecule has 0 spiro atoms. The van der Waals surface area contributed by atoms with Crippen LogP contribution in [-0.2, 0) is 22.5 Å². The van der Waals surface area contributed by atoms with Gasteiger partial charge in [-0.2, -0.15) is 5.26 Å². The second-order valence-electron chi connectivity index (χ2n) is 9.30. The van der Waals surface area contributed by atoms with E-state index in [1.165, 1.54) is 0 Å². The number of thiophene rings is 1. The van der Waals surface area contributed by atoms with Crippen molar-refractivity contribution in [1.82, 2.24) is 14.1 Å². The number of fused-ring (bicyclic) bond motifs is 2. The Balaban J connectivity index is 1.34. The van der Waals surface area contributed by atoms with Gasteiger partial charge in [-0.25, -0.2) is 9.78 Å². The van der Waals surface area contributed by atoms with E-state index in [4.69, 9.17) is 4.74 Å². The summed E-state index contributed by atoms with van der Waals surface area (Å²) in [6.45, 7) is 5.69. The maximum Gasteiger partial charge on any atom is 0.349 e. The summed E-state index contributed by atoms with van der Waals surface area (Å²) in [4.78, 5) is 43.8. The predicted molar refractivity (Wildman–Crippen MR) is 132 cm³/mol. The summed E-state index contributed by atoms with van der Waals surface area (Å²) in [6.07, 6.45) is 5.86. The van der Waals surface area contributed by atoms with Crippen molar-refractivity contribution in [3.8, 4) is 6.07 Å². The van der Waals surface area contributed by atoms with Crippen molar-refractivity contribution in [2.75, 3.05) is 11.9 Å². The first-order valence-electron chi connectivity index (χ1n) is 11.9. The Hall–Kier alpha value is -3.45. The molecule has 5 rings (SSSR count). The Labute approximate surface area is 206 Å². The average Bonchev–Trinajstić information content (AvgIpc) is 3.61. The minimum Gasteiger partial charge on any atom is -0.451 e. The molecule has 0 bridgehead atoms. The lowest BCUT2D eigenvalue weighted by Crippen LogP contribution is -2.24. The van der Waals surface area contributed by atoms with Gasteiger partial charge in [0.15, 0.2) is 6.61 Å². The average molecular weight is 494 g/mol.